The van der Waals surface area contributed by atoms with Crippen molar-refractivity contribution in [3.05, 3.63) is 82.5 Å². The molecule has 0 saturated carbocycles. The fourth-order valence-electron chi connectivity index (χ4n) is 4.39. The Bertz CT molecular complexity index is 1410. The number of hydrogen-bond acceptors (Lipinski definition) is 3. The van der Waals surface area contributed by atoms with Crippen LogP contribution in [0.2, 0.25) is 5.02 Å². The van der Waals surface area contributed by atoms with E-state index in [1.165, 1.54) is 24.3 Å². The fraction of sp³-hybridized carbons (Fsp3) is 0.192. The first-order valence-electron chi connectivity index (χ1n) is 10.4. The Morgan fingerprint density at radius 1 is 1.06 bits per heavy atom. The van der Waals surface area contributed by atoms with Crippen molar-refractivity contribution in [3.8, 4) is 22.6 Å². The number of carboxylic acids is 1. The van der Waals surface area contributed by atoms with E-state index in [9.17, 15) is 23.8 Å². The number of nitrogens with zero attached hydrogens (tertiary/aromatic N) is 1. The first-order valence-corrected chi connectivity index (χ1v) is 10.8. The second-order valence-electron chi connectivity index (χ2n) is 8.68. The minimum Gasteiger partial charge on any atom is -0.506 e. The SMILES string of the molecule is COCC(C)(C)c1c(-c2ccc(F)c(F)c2)c2cc(Cl)cc(O)c2n1-c1ccc(C(=O)O)cc1. The molecule has 0 fully saturated rings. The highest BCUT2D eigenvalue weighted by atomic mass is 35.5. The van der Waals surface area contributed by atoms with Gasteiger partial charge in [0.2, 0.25) is 0 Å². The Balaban J connectivity index is 2.19. The zero-order valence-corrected chi connectivity index (χ0v) is 19.5. The van der Waals surface area contributed by atoms with E-state index in [0.717, 1.165) is 12.1 Å². The second kappa shape index (κ2) is 8.74. The Hall–Kier alpha value is -3.42. The molecule has 0 aliphatic carbocycles. The fourth-order valence-corrected chi connectivity index (χ4v) is 4.60. The molecule has 0 aliphatic rings. The summed E-state index contributed by atoms with van der Waals surface area (Å²) in [5, 5.41) is 21.0. The van der Waals surface area contributed by atoms with Crippen LogP contribution in [-0.2, 0) is 10.2 Å². The zero-order valence-electron chi connectivity index (χ0n) is 18.7. The van der Waals surface area contributed by atoms with Gasteiger partial charge in [-0.25, -0.2) is 13.6 Å². The zero-order chi connectivity index (χ0) is 24.8. The van der Waals surface area contributed by atoms with Crippen molar-refractivity contribution in [1.29, 1.82) is 0 Å². The molecule has 0 spiro atoms. The number of ether oxygens (including phenoxy) is 1. The summed E-state index contributed by atoms with van der Waals surface area (Å²) in [4.78, 5) is 11.4. The number of carbonyl (C=O) groups is 1. The first kappa shape index (κ1) is 23.7. The van der Waals surface area contributed by atoms with Gasteiger partial charge in [0.1, 0.15) is 5.75 Å². The third-order valence-electron chi connectivity index (χ3n) is 5.73. The molecule has 4 aromatic rings. The third kappa shape index (κ3) is 4.02. The lowest BCUT2D eigenvalue weighted by Gasteiger charge is -2.28. The predicted molar refractivity (Wildman–Crippen MR) is 127 cm³/mol. The summed E-state index contributed by atoms with van der Waals surface area (Å²) >= 11 is 6.29. The van der Waals surface area contributed by atoms with Crippen LogP contribution in [0.1, 0.15) is 29.9 Å². The van der Waals surface area contributed by atoms with Crippen molar-refractivity contribution in [1.82, 2.24) is 4.57 Å². The number of aromatic hydroxyl groups is 1. The van der Waals surface area contributed by atoms with Crippen LogP contribution in [0, 0.1) is 11.6 Å². The van der Waals surface area contributed by atoms with Gasteiger partial charge in [0.15, 0.2) is 11.6 Å². The molecule has 1 aromatic heterocycles. The van der Waals surface area contributed by atoms with Crippen molar-refractivity contribution in [2.75, 3.05) is 13.7 Å². The largest absolute Gasteiger partial charge is 0.506 e. The number of rotatable bonds is 6. The Morgan fingerprint density at radius 2 is 1.74 bits per heavy atom. The van der Waals surface area contributed by atoms with E-state index in [0.29, 0.717) is 33.4 Å². The molecule has 3 aromatic carbocycles. The van der Waals surface area contributed by atoms with Crippen molar-refractivity contribution in [2.45, 2.75) is 19.3 Å². The molecule has 1 heterocycles. The predicted octanol–water partition coefficient (Wildman–Crippen LogP) is 6.56. The molecule has 0 unspecified atom stereocenters. The Morgan fingerprint density at radius 3 is 2.32 bits per heavy atom. The summed E-state index contributed by atoms with van der Waals surface area (Å²) in [6.45, 7) is 4.12. The van der Waals surface area contributed by atoms with E-state index < -0.39 is 23.0 Å². The van der Waals surface area contributed by atoms with Crippen LogP contribution >= 0.6 is 11.6 Å². The van der Waals surface area contributed by atoms with Gasteiger partial charge < -0.3 is 19.5 Å². The van der Waals surface area contributed by atoms with E-state index in [-0.39, 0.29) is 22.9 Å². The molecule has 0 radical (unpaired) electrons. The molecule has 2 N–H and O–H groups in total. The smallest absolute Gasteiger partial charge is 0.335 e. The van der Waals surface area contributed by atoms with Gasteiger partial charge in [0.05, 0.1) is 17.7 Å². The van der Waals surface area contributed by atoms with Crippen molar-refractivity contribution in [2.24, 2.45) is 0 Å². The highest BCUT2D eigenvalue weighted by Gasteiger charge is 2.33. The number of halogens is 3. The van der Waals surface area contributed by atoms with Gasteiger partial charge in [0, 0.05) is 45.9 Å². The van der Waals surface area contributed by atoms with Gasteiger partial charge >= 0.3 is 5.97 Å². The minimum absolute atomic E-state index is 0.103. The number of benzene rings is 3. The number of aromatic carboxylic acids is 1. The number of hydrogen-bond donors (Lipinski definition) is 2. The number of phenols is 1. The van der Waals surface area contributed by atoms with Gasteiger partial charge in [-0.05, 0) is 48.0 Å². The van der Waals surface area contributed by atoms with E-state index in [1.54, 1.807) is 29.9 Å². The van der Waals surface area contributed by atoms with Crippen LogP contribution < -0.4 is 0 Å². The lowest BCUT2D eigenvalue weighted by molar-refractivity contribution is 0.0697. The van der Waals surface area contributed by atoms with Crippen LogP contribution in [0.5, 0.6) is 5.75 Å². The van der Waals surface area contributed by atoms with E-state index in [1.807, 2.05) is 13.8 Å². The van der Waals surface area contributed by atoms with Crippen molar-refractivity contribution >= 4 is 28.5 Å². The average molecular weight is 486 g/mol. The monoisotopic (exact) mass is 485 g/mol. The Kier molecular flexibility index (Phi) is 6.10. The van der Waals surface area contributed by atoms with Crippen LogP contribution in [-0.4, -0.2) is 34.5 Å². The van der Waals surface area contributed by atoms with E-state index >= 15 is 0 Å². The standard InChI is InChI=1S/C26H22ClF2NO4/c1-26(2,13-34-3)24-22(15-6-9-19(28)20(29)10-15)18-11-16(27)12-21(31)23(18)30(24)17-7-4-14(5-8-17)25(32)33/h4-12,31H,13H2,1-3H3,(H,32,33). The van der Waals surface area contributed by atoms with Gasteiger partial charge in [-0.15, -0.1) is 0 Å². The van der Waals surface area contributed by atoms with Gasteiger partial charge in [-0.2, -0.15) is 0 Å². The molecule has 8 heteroatoms. The molecule has 0 saturated heterocycles. The maximum atomic E-state index is 14.3. The van der Waals surface area contributed by atoms with Gasteiger partial charge in [0.25, 0.3) is 0 Å². The molecular formula is C26H22ClF2NO4. The van der Waals surface area contributed by atoms with E-state index in [4.69, 9.17) is 16.3 Å². The second-order valence-corrected chi connectivity index (χ2v) is 9.11. The van der Waals surface area contributed by atoms with E-state index in [2.05, 4.69) is 0 Å². The average Bonchev–Trinajstić information content (AvgIpc) is 3.12. The summed E-state index contributed by atoms with van der Waals surface area (Å²) in [7, 11) is 1.56. The number of aromatic nitrogens is 1. The summed E-state index contributed by atoms with van der Waals surface area (Å²) in [6.07, 6.45) is 0. The number of phenolic OH excluding ortho intramolecular Hbond substituents is 1. The number of methoxy groups -OCH3 is 1. The summed E-state index contributed by atoms with van der Waals surface area (Å²) in [6, 6.07) is 12.8. The number of fused-ring (bicyclic) bond motifs is 1. The summed E-state index contributed by atoms with van der Waals surface area (Å²) < 4.78 is 35.3. The lowest BCUT2D eigenvalue weighted by atomic mass is 9.84. The highest BCUT2D eigenvalue weighted by molar-refractivity contribution is 6.32. The summed E-state index contributed by atoms with van der Waals surface area (Å²) in [5.41, 5.74) is 1.98. The third-order valence-corrected chi connectivity index (χ3v) is 5.95. The maximum absolute atomic E-state index is 14.3. The maximum Gasteiger partial charge on any atom is 0.335 e. The number of carboxylic acid groups (broad SMARTS) is 1. The van der Waals surface area contributed by atoms with Crippen LogP contribution in [0.25, 0.3) is 27.7 Å². The first-order chi connectivity index (χ1) is 16.0. The molecule has 5 nitrogen and oxygen atoms in total. The van der Waals surface area contributed by atoms with Crippen LogP contribution in [0.3, 0.4) is 0 Å². The molecule has 0 atom stereocenters. The molecular weight excluding hydrogens is 464 g/mol. The quantitative estimate of drug-likeness (QED) is 0.324. The van der Waals surface area contributed by atoms with Crippen LogP contribution in [0.15, 0.2) is 54.6 Å². The molecule has 0 aliphatic heterocycles. The molecule has 0 bridgehead atoms. The summed E-state index contributed by atoms with van der Waals surface area (Å²) in [5.74, 6) is -3.17. The normalized spacial score (nSPS) is 11.8. The highest BCUT2D eigenvalue weighted by Crippen LogP contribution is 2.46. The topological polar surface area (TPSA) is 71.7 Å². The van der Waals surface area contributed by atoms with Crippen molar-refractivity contribution in [3.63, 3.8) is 0 Å². The van der Waals surface area contributed by atoms with Crippen molar-refractivity contribution < 1.29 is 28.5 Å². The van der Waals surface area contributed by atoms with Gasteiger partial charge in [-0.3, -0.25) is 0 Å². The molecule has 176 valence electrons. The van der Waals surface area contributed by atoms with Crippen LogP contribution in [0.4, 0.5) is 8.78 Å². The molecule has 34 heavy (non-hydrogen) atoms. The van der Waals surface area contributed by atoms with Gasteiger partial charge in [-0.1, -0.05) is 31.5 Å². The molecule has 4 rings (SSSR count). The molecule has 0 amide bonds. The Labute approximate surface area is 199 Å². The minimum atomic E-state index is -1.07. The lowest BCUT2D eigenvalue weighted by Crippen LogP contribution is -2.27.